The lowest BCUT2D eigenvalue weighted by atomic mass is 10.0. The average molecular weight is 807 g/mol. The summed E-state index contributed by atoms with van der Waals surface area (Å²) >= 11 is 0. The minimum Gasteiger partial charge on any atom is -0.456 e. The van der Waals surface area contributed by atoms with E-state index in [0.717, 1.165) is 88.4 Å². The standard InChI is InChI=1S/C57H34N4O2/c1-4-14-35(15-5-1)38-27-31-48-46(32-38)41-20-10-11-23-47(41)61(48)40-28-30-43-52(34-40)63-50-25-13-22-45(54(43)50)57-59-55(37-18-8-3-9-19-37)58-56(60-57)44-21-12-24-49-53(44)42-29-26-39(33-51(42)62-49)36-16-6-2-7-17-36/h1-34H. The first-order valence-electron chi connectivity index (χ1n) is 21.1. The highest BCUT2D eigenvalue weighted by molar-refractivity contribution is 6.15. The summed E-state index contributed by atoms with van der Waals surface area (Å²) in [6.45, 7) is 0. The first-order valence-corrected chi connectivity index (χ1v) is 21.1. The highest BCUT2D eigenvalue weighted by Gasteiger charge is 2.22. The Hall–Kier alpha value is -8.61. The van der Waals surface area contributed by atoms with Crippen molar-refractivity contribution in [2.24, 2.45) is 0 Å². The number of aromatic nitrogens is 4. The lowest BCUT2D eigenvalue weighted by molar-refractivity contribution is 0.668. The molecule has 6 nitrogen and oxygen atoms in total. The summed E-state index contributed by atoms with van der Waals surface area (Å²) in [7, 11) is 0. The molecule has 13 aromatic rings. The summed E-state index contributed by atoms with van der Waals surface area (Å²) in [4.78, 5) is 15.6. The van der Waals surface area contributed by atoms with Gasteiger partial charge in [0, 0.05) is 60.8 Å². The molecule has 63 heavy (non-hydrogen) atoms. The van der Waals surface area contributed by atoms with Gasteiger partial charge in [-0.05, 0) is 76.9 Å². The van der Waals surface area contributed by atoms with Crippen LogP contribution in [0.2, 0.25) is 0 Å². The topological polar surface area (TPSA) is 69.9 Å². The Morgan fingerprint density at radius 2 is 0.810 bits per heavy atom. The van der Waals surface area contributed by atoms with Crippen molar-refractivity contribution in [3.63, 3.8) is 0 Å². The van der Waals surface area contributed by atoms with Crippen LogP contribution in [0.1, 0.15) is 0 Å². The fourth-order valence-corrected chi connectivity index (χ4v) is 9.36. The van der Waals surface area contributed by atoms with E-state index in [1.54, 1.807) is 0 Å². The number of fused-ring (bicyclic) bond motifs is 9. The Bertz CT molecular complexity index is 3900. The molecule has 0 radical (unpaired) electrons. The average Bonchev–Trinajstić information content (AvgIpc) is 4.03. The van der Waals surface area contributed by atoms with Gasteiger partial charge < -0.3 is 13.4 Å². The van der Waals surface area contributed by atoms with E-state index in [0.29, 0.717) is 17.5 Å². The Balaban J connectivity index is 0.978. The van der Waals surface area contributed by atoms with Gasteiger partial charge in [-0.25, -0.2) is 15.0 Å². The summed E-state index contributed by atoms with van der Waals surface area (Å²) in [5, 5.41) is 6.30. The largest absolute Gasteiger partial charge is 0.456 e. The fourth-order valence-electron chi connectivity index (χ4n) is 9.36. The van der Waals surface area contributed by atoms with Crippen LogP contribution in [0.4, 0.5) is 0 Å². The van der Waals surface area contributed by atoms with Crippen molar-refractivity contribution in [2.75, 3.05) is 0 Å². The van der Waals surface area contributed by atoms with Crippen molar-refractivity contribution in [3.05, 3.63) is 206 Å². The second-order valence-corrected chi connectivity index (χ2v) is 15.9. The molecule has 0 N–H and O–H groups in total. The monoisotopic (exact) mass is 806 g/mol. The quantitative estimate of drug-likeness (QED) is 0.167. The lowest BCUT2D eigenvalue weighted by Gasteiger charge is -2.10. The molecule has 9 aromatic carbocycles. The predicted octanol–water partition coefficient (Wildman–Crippen LogP) is 15.1. The third kappa shape index (κ3) is 5.69. The first-order chi connectivity index (χ1) is 31.2. The van der Waals surface area contributed by atoms with E-state index < -0.39 is 0 Å². The van der Waals surface area contributed by atoms with Gasteiger partial charge in [0.2, 0.25) is 0 Å². The van der Waals surface area contributed by atoms with Gasteiger partial charge in [0.25, 0.3) is 0 Å². The van der Waals surface area contributed by atoms with Crippen LogP contribution < -0.4 is 0 Å². The van der Waals surface area contributed by atoms with Crippen molar-refractivity contribution >= 4 is 65.7 Å². The smallest absolute Gasteiger partial charge is 0.164 e. The minimum atomic E-state index is 0.559. The normalized spacial score (nSPS) is 11.8. The number of nitrogens with zero attached hydrogens (tertiary/aromatic N) is 4. The maximum Gasteiger partial charge on any atom is 0.164 e. The van der Waals surface area contributed by atoms with E-state index in [-0.39, 0.29) is 0 Å². The van der Waals surface area contributed by atoms with Crippen LogP contribution in [0.25, 0.3) is 128 Å². The molecule has 6 heteroatoms. The molecule has 0 saturated heterocycles. The number of benzene rings is 9. The summed E-state index contributed by atoms with van der Waals surface area (Å²) < 4.78 is 15.6. The van der Waals surface area contributed by atoms with Gasteiger partial charge in [0.1, 0.15) is 22.3 Å². The number of hydrogen-bond acceptors (Lipinski definition) is 5. The van der Waals surface area contributed by atoms with Crippen molar-refractivity contribution in [2.45, 2.75) is 0 Å². The van der Waals surface area contributed by atoms with Gasteiger partial charge in [-0.3, -0.25) is 0 Å². The molecule has 0 aliphatic rings. The summed E-state index contributed by atoms with van der Waals surface area (Å²) in [6.07, 6.45) is 0. The molecule has 0 amide bonds. The number of furan rings is 2. The minimum absolute atomic E-state index is 0.559. The second kappa shape index (κ2) is 14.0. The Kier molecular flexibility index (Phi) is 7.80. The van der Waals surface area contributed by atoms with E-state index >= 15 is 0 Å². The molecule has 0 bridgehead atoms. The third-order valence-electron chi connectivity index (χ3n) is 12.3. The van der Waals surface area contributed by atoms with Crippen LogP contribution in [0, 0.1) is 0 Å². The molecule has 0 unspecified atom stereocenters. The zero-order valence-electron chi connectivity index (χ0n) is 33.7. The Morgan fingerprint density at radius 1 is 0.302 bits per heavy atom. The molecule has 0 spiro atoms. The zero-order valence-corrected chi connectivity index (χ0v) is 33.7. The van der Waals surface area contributed by atoms with Crippen LogP contribution in [0.15, 0.2) is 215 Å². The lowest BCUT2D eigenvalue weighted by Crippen LogP contribution is -2.00. The zero-order chi connectivity index (χ0) is 41.4. The molecule has 0 fully saturated rings. The molecule has 0 saturated carbocycles. The first kappa shape index (κ1) is 35.2. The van der Waals surface area contributed by atoms with Gasteiger partial charge in [-0.2, -0.15) is 0 Å². The van der Waals surface area contributed by atoms with Gasteiger partial charge >= 0.3 is 0 Å². The van der Waals surface area contributed by atoms with Gasteiger partial charge in [-0.15, -0.1) is 0 Å². The summed E-state index contributed by atoms with van der Waals surface area (Å²) in [5.41, 5.74) is 13.7. The van der Waals surface area contributed by atoms with E-state index in [4.69, 9.17) is 23.8 Å². The van der Waals surface area contributed by atoms with Crippen molar-refractivity contribution in [1.82, 2.24) is 19.5 Å². The molecule has 13 rings (SSSR count). The number of rotatable bonds is 6. The third-order valence-corrected chi connectivity index (χ3v) is 12.3. The number of hydrogen-bond donors (Lipinski definition) is 0. The molecule has 0 aliphatic heterocycles. The van der Waals surface area contributed by atoms with Crippen LogP contribution in [0.3, 0.4) is 0 Å². The molecule has 294 valence electrons. The van der Waals surface area contributed by atoms with Crippen molar-refractivity contribution < 1.29 is 8.83 Å². The maximum absolute atomic E-state index is 6.72. The summed E-state index contributed by atoms with van der Waals surface area (Å²) in [6, 6.07) is 71.5. The Morgan fingerprint density at radius 3 is 1.46 bits per heavy atom. The highest BCUT2D eigenvalue weighted by Crippen LogP contribution is 2.42. The molecule has 0 aliphatic carbocycles. The molecular formula is C57H34N4O2. The van der Waals surface area contributed by atoms with Crippen LogP contribution in [-0.4, -0.2) is 19.5 Å². The predicted molar refractivity (Wildman–Crippen MR) is 256 cm³/mol. The fraction of sp³-hybridized carbons (Fsp3) is 0. The number of para-hydroxylation sites is 1. The Labute approximate surface area is 361 Å². The SMILES string of the molecule is c1ccc(-c2ccc3c(c2)oc2cccc(-c4nc(-c5ccccc5)nc(-c5cccc6oc7cc(-n8c9ccccc9c9cc(-c%10ccccc%10)ccc98)ccc7c56)n4)c23)cc1. The van der Waals surface area contributed by atoms with Gasteiger partial charge in [0.15, 0.2) is 17.5 Å². The van der Waals surface area contributed by atoms with E-state index in [1.165, 1.54) is 21.9 Å². The molecule has 4 heterocycles. The van der Waals surface area contributed by atoms with Crippen LogP contribution >= 0.6 is 0 Å². The molecular weight excluding hydrogens is 773 g/mol. The van der Waals surface area contributed by atoms with Crippen molar-refractivity contribution in [1.29, 1.82) is 0 Å². The van der Waals surface area contributed by atoms with E-state index in [2.05, 4.69) is 150 Å². The van der Waals surface area contributed by atoms with Crippen molar-refractivity contribution in [3.8, 4) is 62.1 Å². The maximum atomic E-state index is 6.72. The van der Waals surface area contributed by atoms with E-state index in [9.17, 15) is 0 Å². The molecule has 4 aromatic heterocycles. The molecule has 0 atom stereocenters. The van der Waals surface area contributed by atoms with E-state index in [1.807, 2.05) is 60.7 Å². The summed E-state index contributed by atoms with van der Waals surface area (Å²) in [5.74, 6) is 1.71. The highest BCUT2D eigenvalue weighted by atomic mass is 16.3. The van der Waals surface area contributed by atoms with Crippen LogP contribution in [0.5, 0.6) is 0 Å². The second-order valence-electron chi connectivity index (χ2n) is 15.9. The van der Waals surface area contributed by atoms with Gasteiger partial charge in [-0.1, -0.05) is 146 Å². The van der Waals surface area contributed by atoms with Gasteiger partial charge in [0.05, 0.1) is 11.0 Å². The van der Waals surface area contributed by atoms with Crippen LogP contribution in [-0.2, 0) is 0 Å².